The Labute approximate surface area is 152 Å². The molecule has 1 aliphatic heterocycles. The van der Waals surface area contributed by atoms with Crippen LogP contribution in [0.15, 0.2) is 18.2 Å². The van der Waals surface area contributed by atoms with Gasteiger partial charge in [0.25, 0.3) is 0 Å². The first kappa shape index (κ1) is 17.9. The van der Waals surface area contributed by atoms with Gasteiger partial charge in [-0.1, -0.05) is 12.5 Å². The van der Waals surface area contributed by atoms with Gasteiger partial charge in [0.2, 0.25) is 5.91 Å². The van der Waals surface area contributed by atoms with E-state index < -0.39 is 17.7 Å². The molecule has 1 saturated heterocycles. The van der Waals surface area contributed by atoms with Gasteiger partial charge >= 0.3 is 0 Å². The predicted octanol–water partition coefficient (Wildman–Crippen LogP) is 3.02. The second-order valence-corrected chi connectivity index (χ2v) is 8.01. The molecule has 26 heavy (non-hydrogen) atoms. The molecule has 1 heterocycles. The fraction of sp³-hybridized carbons (Fsp3) is 0.650. The summed E-state index contributed by atoms with van der Waals surface area (Å²) in [4.78, 5) is 14.9. The highest BCUT2D eigenvalue weighted by Gasteiger charge is 2.42. The Morgan fingerprint density at radius 2 is 1.88 bits per heavy atom. The maximum atomic E-state index is 13.5. The standard InChI is InChI=1S/C20H26F2N2O2/c21-16-5-4-12(10-17(16)22)18-11-24(6-7-26-18)20(25)15-8-13-2-1-3-14(9-15)19(13)23/h4-5,10,13-15,18-19H,1-3,6-9,11,23H2. The summed E-state index contributed by atoms with van der Waals surface area (Å²) in [6.07, 6.45) is 4.82. The molecule has 2 bridgehead atoms. The molecule has 3 aliphatic rings. The smallest absolute Gasteiger partial charge is 0.225 e. The SMILES string of the molecule is NC1C2CCCC1CC(C(=O)N1CCOC(c3ccc(F)c(F)c3)C1)C2. The Morgan fingerprint density at radius 1 is 1.15 bits per heavy atom. The normalized spacial score (nSPS) is 34.6. The monoisotopic (exact) mass is 364 g/mol. The van der Waals surface area contributed by atoms with Gasteiger partial charge in [0.15, 0.2) is 11.6 Å². The number of amides is 1. The van der Waals surface area contributed by atoms with Crippen molar-refractivity contribution in [2.24, 2.45) is 23.5 Å². The summed E-state index contributed by atoms with van der Waals surface area (Å²) in [6, 6.07) is 4.05. The van der Waals surface area contributed by atoms with Crippen LogP contribution in [0.25, 0.3) is 0 Å². The van der Waals surface area contributed by atoms with Crippen molar-refractivity contribution < 1.29 is 18.3 Å². The van der Waals surface area contributed by atoms with Gasteiger partial charge in [0, 0.05) is 18.5 Å². The summed E-state index contributed by atoms with van der Waals surface area (Å²) >= 11 is 0. The number of rotatable bonds is 2. The lowest BCUT2D eigenvalue weighted by atomic mass is 9.65. The van der Waals surface area contributed by atoms with Crippen molar-refractivity contribution in [2.45, 2.75) is 44.2 Å². The first-order chi connectivity index (χ1) is 12.5. The largest absolute Gasteiger partial charge is 0.370 e. The number of hydrogen-bond donors (Lipinski definition) is 1. The summed E-state index contributed by atoms with van der Waals surface area (Å²) in [5, 5.41) is 0. The quantitative estimate of drug-likeness (QED) is 0.878. The van der Waals surface area contributed by atoms with Crippen LogP contribution in [-0.2, 0) is 9.53 Å². The van der Waals surface area contributed by atoms with Crippen LogP contribution >= 0.6 is 0 Å². The molecule has 1 aromatic rings. The van der Waals surface area contributed by atoms with Gasteiger partial charge in [-0.2, -0.15) is 0 Å². The third kappa shape index (κ3) is 3.37. The zero-order valence-corrected chi connectivity index (χ0v) is 14.9. The number of hydrogen-bond acceptors (Lipinski definition) is 3. The number of halogens is 2. The average Bonchev–Trinajstić information content (AvgIpc) is 2.63. The minimum Gasteiger partial charge on any atom is -0.370 e. The molecule has 6 heteroatoms. The molecular weight excluding hydrogens is 338 g/mol. The first-order valence-corrected chi connectivity index (χ1v) is 9.64. The van der Waals surface area contributed by atoms with Crippen LogP contribution in [0, 0.1) is 29.4 Å². The Bertz CT molecular complexity index is 670. The highest BCUT2D eigenvalue weighted by molar-refractivity contribution is 5.79. The van der Waals surface area contributed by atoms with E-state index in [-0.39, 0.29) is 17.9 Å². The van der Waals surface area contributed by atoms with E-state index in [9.17, 15) is 13.6 Å². The second kappa shape index (κ2) is 7.24. The van der Waals surface area contributed by atoms with E-state index in [1.165, 1.54) is 12.5 Å². The van der Waals surface area contributed by atoms with Crippen molar-refractivity contribution in [1.29, 1.82) is 0 Å². The lowest BCUT2D eigenvalue weighted by molar-refractivity contribution is -0.146. The molecule has 3 atom stereocenters. The Hall–Kier alpha value is -1.53. The molecule has 0 aromatic heterocycles. The number of benzene rings is 1. The molecule has 0 radical (unpaired) electrons. The molecule has 0 spiro atoms. The van der Waals surface area contributed by atoms with E-state index in [0.29, 0.717) is 37.1 Å². The van der Waals surface area contributed by atoms with Crippen molar-refractivity contribution in [3.8, 4) is 0 Å². The van der Waals surface area contributed by atoms with Crippen molar-refractivity contribution in [2.75, 3.05) is 19.7 Å². The molecule has 2 aliphatic carbocycles. The van der Waals surface area contributed by atoms with Crippen molar-refractivity contribution in [3.05, 3.63) is 35.4 Å². The van der Waals surface area contributed by atoms with E-state index >= 15 is 0 Å². The fourth-order valence-corrected chi connectivity index (χ4v) is 5.01. The molecule has 4 rings (SSSR count). The molecule has 2 N–H and O–H groups in total. The number of nitrogens with two attached hydrogens (primary N) is 1. The number of carbonyl (C=O) groups is 1. The van der Waals surface area contributed by atoms with Crippen LogP contribution < -0.4 is 5.73 Å². The van der Waals surface area contributed by atoms with Crippen LogP contribution in [0.1, 0.15) is 43.8 Å². The van der Waals surface area contributed by atoms with Crippen molar-refractivity contribution in [1.82, 2.24) is 4.90 Å². The highest BCUT2D eigenvalue weighted by atomic mass is 19.2. The molecule has 2 saturated carbocycles. The van der Waals surface area contributed by atoms with Crippen LogP contribution in [0.5, 0.6) is 0 Å². The van der Waals surface area contributed by atoms with Crippen LogP contribution in [0.3, 0.4) is 0 Å². The molecule has 142 valence electrons. The molecule has 4 nitrogen and oxygen atoms in total. The van der Waals surface area contributed by atoms with Gasteiger partial charge in [-0.3, -0.25) is 4.79 Å². The molecule has 3 fully saturated rings. The van der Waals surface area contributed by atoms with Gasteiger partial charge in [0.1, 0.15) is 6.10 Å². The maximum absolute atomic E-state index is 13.5. The lowest BCUT2D eigenvalue weighted by Crippen LogP contribution is -2.51. The maximum Gasteiger partial charge on any atom is 0.225 e. The zero-order valence-electron chi connectivity index (χ0n) is 14.9. The molecule has 1 amide bonds. The first-order valence-electron chi connectivity index (χ1n) is 9.64. The average molecular weight is 364 g/mol. The van der Waals surface area contributed by atoms with Gasteiger partial charge in [-0.25, -0.2) is 8.78 Å². The van der Waals surface area contributed by atoms with E-state index in [1.807, 2.05) is 4.90 Å². The Morgan fingerprint density at radius 3 is 2.58 bits per heavy atom. The number of carbonyl (C=O) groups excluding carboxylic acids is 1. The van der Waals surface area contributed by atoms with E-state index in [1.54, 1.807) is 0 Å². The Balaban J connectivity index is 1.44. The molecule has 1 aromatic carbocycles. The number of ether oxygens (including phenoxy) is 1. The summed E-state index contributed by atoms with van der Waals surface area (Å²) in [5.41, 5.74) is 6.91. The Kier molecular flexibility index (Phi) is 4.97. The van der Waals surface area contributed by atoms with Crippen molar-refractivity contribution in [3.63, 3.8) is 0 Å². The summed E-state index contributed by atoms with van der Waals surface area (Å²) < 4.78 is 32.4. The molecular formula is C20H26F2N2O2. The second-order valence-electron chi connectivity index (χ2n) is 8.01. The topological polar surface area (TPSA) is 55.6 Å². The number of fused-ring (bicyclic) bond motifs is 2. The van der Waals surface area contributed by atoms with Gasteiger partial charge in [0.05, 0.1) is 13.2 Å². The van der Waals surface area contributed by atoms with Crippen molar-refractivity contribution >= 4 is 5.91 Å². The predicted molar refractivity (Wildman–Crippen MR) is 93.2 cm³/mol. The summed E-state index contributed by atoms with van der Waals surface area (Å²) in [5.74, 6) is -0.635. The minimum atomic E-state index is -0.886. The number of nitrogens with zero attached hydrogens (tertiary/aromatic N) is 1. The highest BCUT2D eigenvalue weighted by Crippen LogP contribution is 2.42. The van der Waals surface area contributed by atoms with Crippen LogP contribution in [0.4, 0.5) is 8.78 Å². The van der Waals surface area contributed by atoms with Crippen LogP contribution in [0.2, 0.25) is 0 Å². The number of morpholine rings is 1. The van der Waals surface area contributed by atoms with Gasteiger partial charge < -0.3 is 15.4 Å². The lowest BCUT2D eigenvalue weighted by Gasteiger charge is -2.45. The third-order valence-corrected chi connectivity index (χ3v) is 6.46. The zero-order chi connectivity index (χ0) is 18.3. The third-order valence-electron chi connectivity index (χ3n) is 6.46. The van der Waals surface area contributed by atoms with Gasteiger partial charge in [-0.05, 0) is 55.2 Å². The fourth-order valence-electron chi connectivity index (χ4n) is 5.01. The molecule has 3 unspecified atom stereocenters. The van der Waals surface area contributed by atoms with Gasteiger partial charge in [-0.15, -0.1) is 0 Å². The van der Waals surface area contributed by atoms with Crippen LogP contribution in [-0.4, -0.2) is 36.5 Å². The minimum absolute atomic E-state index is 0.0359. The summed E-state index contributed by atoms with van der Waals surface area (Å²) in [6.45, 7) is 1.35. The van der Waals surface area contributed by atoms with E-state index in [0.717, 1.165) is 37.8 Å². The summed E-state index contributed by atoms with van der Waals surface area (Å²) in [7, 11) is 0. The van der Waals surface area contributed by atoms with E-state index in [4.69, 9.17) is 10.5 Å². The van der Waals surface area contributed by atoms with E-state index in [2.05, 4.69) is 0 Å².